The van der Waals surface area contributed by atoms with E-state index < -0.39 is 0 Å². The molecular formula is C23H31N3O3. The van der Waals surface area contributed by atoms with Crippen molar-refractivity contribution in [2.45, 2.75) is 46.1 Å². The van der Waals surface area contributed by atoms with Crippen molar-refractivity contribution in [3.63, 3.8) is 0 Å². The zero-order valence-corrected chi connectivity index (χ0v) is 18.0. The highest BCUT2D eigenvalue weighted by Crippen LogP contribution is 2.23. The van der Waals surface area contributed by atoms with Gasteiger partial charge in [0.1, 0.15) is 5.76 Å². The lowest BCUT2D eigenvalue weighted by atomic mass is 9.87. The van der Waals surface area contributed by atoms with Crippen molar-refractivity contribution < 1.29 is 14.0 Å². The minimum absolute atomic E-state index is 0.0325. The molecule has 6 nitrogen and oxygen atoms in total. The molecule has 2 amide bonds. The van der Waals surface area contributed by atoms with Crippen LogP contribution in [0, 0.1) is 6.92 Å². The first-order valence-electron chi connectivity index (χ1n) is 10.2. The second-order valence-electron chi connectivity index (χ2n) is 8.73. The number of aryl methyl sites for hydroxylation is 1. The number of furan rings is 1. The van der Waals surface area contributed by atoms with Gasteiger partial charge in [-0.2, -0.15) is 0 Å². The van der Waals surface area contributed by atoms with Gasteiger partial charge >= 0.3 is 0 Å². The zero-order valence-electron chi connectivity index (χ0n) is 18.0. The monoisotopic (exact) mass is 397 g/mol. The molecule has 1 aromatic heterocycles. The summed E-state index contributed by atoms with van der Waals surface area (Å²) in [6, 6.07) is 11.3. The summed E-state index contributed by atoms with van der Waals surface area (Å²) < 4.78 is 5.44. The van der Waals surface area contributed by atoms with E-state index in [9.17, 15) is 9.59 Å². The number of amides is 2. The molecule has 3 rings (SSSR count). The quantitative estimate of drug-likeness (QED) is 0.855. The SMILES string of the molecule is Cc1ccc(C(=O)N2CCN(C(C)C(=O)Nc3ccc(C(C)(C)C)cc3)CC2)o1. The Hall–Kier alpha value is -2.60. The minimum Gasteiger partial charge on any atom is -0.456 e. The van der Waals surface area contributed by atoms with Crippen LogP contribution in [0.4, 0.5) is 5.69 Å². The number of hydrogen-bond acceptors (Lipinski definition) is 4. The number of piperazine rings is 1. The molecule has 1 aliphatic heterocycles. The molecule has 1 aromatic carbocycles. The maximum atomic E-state index is 12.7. The van der Waals surface area contributed by atoms with Crippen molar-refractivity contribution in [1.82, 2.24) is 9.80 Å². The Morgan fingerprint density at radius 3 is 2.14 bits per heavy atom. The van der Waals surface area contributed by atoms with E-state index in [0.29, 0.717) is 31.9 Å². The average molecular weight is 398 g/mol. The smallest absolute Gasteiger partial charge is 0.289 e. The molecule has 0 saturated carbocycles. The second kappa shape index (κ2) is 8.41. The molecule has 29 heavy (non-hydrogen) atoms. The summed E-state index contributed by atoms with van der Waals surface area (Å²) in [6.07, 6.45) is 0. The van der Waals surface area contributed by atoms with Gasteiger partial charge in [-0.25, -0.2) is 0 Å². The Bertz CT molecular complexity index is 856. The molecule has 1 fully saturated rings. The van der Waals surface area contributed by atoms with Crippen LogP contribution in [0.2, 0.25) is 0 Å². The van der Waals surface area contributed by atoms with E-state index in [-0.39, 0.29) is 23.3 Å². The van der Waals surface area contributed by atoms with E-state index in [2.05, 4.69) is 43.1 Å². The molecule has 156 valence electrons. The van der Waals surface area contributed by atoms with Crippen LogP contribution in [-0.4, -0.2) is 53.8 Å². The van der Waals surface area contributed by atoms with E-state index in [1.165, 1.54) is 5.56 Å². The number of anilines is 1. The molecule has 1 unspecified atom stereocenters. The first-order valence-corrected chi connectivity index (χ1v) is 10.2. The maximum absolute atomic E-state index is 12.7. The summed E-state index contributed by atoms with van der Waals surface area (Å²) >= 11 is 0. The summed E-state index contributed by atoms with van der Waals surface area (Å²) in [4.78, 5) is 29.1. The highest BCUT2D eigenvalue weighted by Gasteiger charge is 2.29. The number of carbonyl (C=O) groups excluding carboxylic acids is 2. The fraction of sp³-hybridized carbons (Fsp3) is 0.478. The largest absolute Gasteiger partial charge is 0.456 e. The molecule has 0 spiro atoms. The van der Waals surface area contributed by atoms with Crippen molar-refractivity contribution in [3.8, 4) is 0 Å². The first kappa shape index (κ1) is 21.1. The van der Waals surface area contributed by atoms with E-state index >= 15 is 0 Å². The van der Waals surface area contributed by atoms with E-state index in [0.717, 1.165) is 11.4 Å². The van der Waals surface area contributed by atoms with Crippen LogP contribution in [0.25, 0.3) is 0 Å². The Balaban J connectivity index is 1.52. The zero-order chi connectivity index (χ0) is 21.2. The summed E-state index contributed by atoms with van der Waals surface area (Å²) in [6.45, 7) is 12.7. The molecule has 2 aromatic rings. The number of rotatable bonds is 4. The van der Waals surface area contributed by atoms with Crippen LogP contribution in [0.15, 0.2) is 40.8 Å². The van der Waals surface area contributed by atoms with Gasteiger partial charge in [-0.1, -0.05) is 32.9 Å². The predicted octanol–water partition coefficient (Wildman–Crippen LogP) is 3.67. The topological polar surface area (TPSA) is 65.8 Å². The van der Waals surface area contributed by atoms with Gasteiger partial charge in [0.2, 0.25) is 5.91 Å². The fourth-order valence-corrected chi connectivity index (χ4v) is 3.48. The Morgan fingerprint density at radius 1 is 1.00 bits per heavy atom. The van der Waals surface area contributed by atoms with Crippen LogP contribution in [0.3, 0.4) is 0 Å². The van der Waals surface area contributed by atoms with Gasteiger partial charge in [0.05, 0.1) is 6.04 Å². The summed E-state index contributed by atoms with van der Waals surface area (Å²) in [5.74, 6) is 0.983. The van der Waals surface area contributed by atoms with Crippen LogP contribution in [0.5, 0.6) is 0 Å². The third-order valence-corrected chi connectivity index (χ3v) is 5.50. The molecule has 1 aliphatic rings. The van der Waals surface area contributed by atoms with Gasteiger partial charge in [0, 0.05) is 31.9 Å². The Morgan fingerprint density at radius 2 is 1.62 bits per heavy atom. The summed E-state index contributed by atoms with van der Waals surface area (Å²) in [5, 5.41) is 3.00. The van der Waals surface area contributed by atoms with Crippen molar-refractivity contribution >= 4 is 17.5 Å². The molecule has 6 heteroatoms. The maximum Gasteiger partial charge on any atom is 0.289 e. The number of nitrogens with one attached hydrogen (secondary N) is 1. The van der Waals surface area contributed by atoms with Crippen LogP contribution >= 0.6 is 0 Å². The Kier molecular flexibility index (Phi) is 6.13. The first-order chi connectivity index (χ1) is 13.6. The predicted molar refractivity (Wildman–Crippen MR) is 114 cm³/mol. The third kappa shape index (κ3) is 5.07. The lowest BCUT2D eigenvalue weighted by Gasteiger charge is -2.37. The normalized spacial score (nSPS) is 16.5. The van der Waals surface area contributed by atoms with E-state index in [1.54, 1.807) is 17.0 Å². The minimum atomic E-state index is -0.264. The van der Waals surface area contributed by atoms with Crippen LogP contribution < -0.4 is 5.32 Å². The molecule has 0 aliphatic carbocycles. The van der Waals surface area contributed by atoms with Crippen molar-refractivity contribution in [2.75, 3.05) is 31.5 Å². The van der Waals surface area contributed by atoms with Crippen LogP contribution in [-0.2, 0) is 10.2 Å². The highest BCUT2D eigenvalue weighted by molar-refractivity contribution is 5.94. The number of nitrogens with zero attached hydrogens (tertiary/aromatic N) is 2. The molecule has 0 radical (unpaired) electrons. The third-order valence-electron chi connectivity index (χ3n) is 5.50. The molecule has 1 atom stereocenters. The van der Waals surface area contributed by atoms with Gasteiger partial charge in [-0.3, -0.25) is 14.5 Å². The Labute approximate surface area is 172 Å². The molecule has 2 heterocycles. The lowest BCUT2D eigenvalue weighted by Crippen LogP contribution is -2.54. The highest BCUT2D eigenvalue weighted by atomic mass is 16.3. The van der Waals surface area contributed by atoms with Gasteiger partial charge in [0.15, 0.2) is 5.76 Å². The fourth-order valence-electron chi connectivity index (χ4n) is 3.48. The second-order valence-corrected chi connectivity index (χ2v) is 8.73. The van der Waals surface area contributed by atoms with E-state index in [4.69, 9.17) is 4.42 Å². The number of benzene rings is 1. The molecular weight excluding hydrogens is 366 g/mol. The van der Waals surface area contributed by atoms with Crippen molar-refractivity contribution in [2.24, 2.45) is 0 Å². The number of hydrogen-bond donors (Lipinski definition) is 1. The van der Waals surface area contributed by atoms with Gasteiger partial charge in [-0.05, 0) is 49.1 Å². The number of carbonyl (C=O) groups is 2. The van der Waals surface area contributed by atoms with Crippen LogP contribution in [0.1, 0.15) is 49.6 Å². The molecule has 1 N–H and O–H groups in total. The van der Waals surface area contributed by atoms with Gasteiger partial charge in [-0.15, -0.1) is 0 Å². The molecule has 0 bridgehead atoms. The average Bonchev–Trinajstić information content (AvgIpc) is 3.13. The van der Waals surface area contributed by atoms with Gasteiger partial charge < -0.3 is 14.6 Å². The van der Waals surface area contributed by atoms with Crippen molar-refractivity contribution in [3.05, 3.63) is 53.5 Å². The van der Waals surface area contributed by atoms with Crippen molar-refractivity contribution in [1.29, 1.82) is 0 Å². The standard InChI is InChI=1S/C23H31N3O3/c1-16-6-11-20(29-16)22(28)26-14-12-25(13-15-26)17(2)21(27)24-19-9-7-18(8-10-19)23(3,4)5/h6-11,17H,12-15H2,1-5H3,(H,24,27). The molecule has 1 saturated heterocycles. The summed E-state index contributed by atoms with van der Waals surface area (Å²) in [5.41, 5.74) is 2.12. The lowest BCUT2D eigenvalue weighted by molar-refractivity contribution is -0.121. The summed E-state index contributed by atoms with van der Waals surface area (Å²) in [7, 11) is 0. The van der Waals surface area contributed by atoms with E-state index in [1.807, 2.05) is 26.0 Å². The van der Waals surface area contributed by atoms with Gasteiger partial charge in [0.25, 0.3) is 5.91 Å².